The van der Waals surface area contributed by atoms with Gasteiger partial charge in [-0.3, -0.25) is 24.5 Å². The van der Waals surface area contributed by atoms with Gasteiger partial charge in [-0.05, 0) is 42.5 Å². The van der Waals surface area contributed by atoms with Gasteiger partial charge in [0.15, 0.2) is 0 Å². The number of carbonyl (C=O) groups is 3. The molecule has 1 aliphatic heterocycles. The van der Waals surface area contributed by atoms with Crippen LogP contribution in [-0.4, -0.2) is 33.6 Å². The number of ether oxygens (including phenoxy) is 2. The number of nitrogens with zero attached hydrogens (tertiary/aromatic N) is 3. The normalized spacial score (nSPS) is 14.4. The molecule has 1 unspecified atom stereocenters. The molecule has 3 aromatic rings. The molecule has 0 saturated carbocycles. The summed E-state index contributed by atoms with van der Waals surface area (Å²) in [4.78, 5) is 46.9. The summed E-state index contributed by atoms with van der Waals surface area (Å²) in [6.45, 7) is 2.43. The van der Waals surface area contributed by atoms with Crippen LogP contribution in [0.15, 0.2) is 71.8 Å². The van der Waals surface area contributed by atoms with Gasteiger partial charge in [-0.25, -0.2) is 4.39 Å². The van der Waals surface area contributed by atoms with Crippen LogP contribution in [0.25, 0.3) is 0 Å². The highest BCUT2D eigenvalue weighted by atomic mass is 19.1. The number of benzene rings is 3. The molecule has 188 valence electrons. The Morgan fingerprint density at radius 1 is 1.05 bits per heavy atom. The highest BCUT2D eigenvalue weighted by molar-refractivity contribution is 6.04. The van der Waals surface area contributed by atoms with Crippen molar-refractivity contribution < 1.29 is 33.2 Å². The van der Waals surface area contributed by atoms with E-state index in [1.54, 1.807) is 24.3 Å². The van der Waals surface area contributed by atoms with Crippen molar-refractivity contribution in [3.63, 3.8) is 0 Å². The van der Waals surface area contributed by atoms with Crippen molar-refractivity contribution in [3.05, 3.63) is 99.4 Å². The number of halogens is 1. The molecule has 0 saturated heterocycles. The number of nitrogens with one attached hydrogen (secondary N) is 1. The van der Waals surface area contributed by atoms with Crippen LogP contribution in [0.5, 0.6) is 5.75 Å². The molecule has 1 aliphatic rings. The summed E-state index contributed by atoms with van der Waals surface area (Å²) in [7, 11) is 0. The number of esters is 1. The number of non-ortho nitro benzene ring substituents is 1. The van der Waals surface area contributed by atoms with Gasteiger partial charge in [-0.15, -0.1) is 5.10 Å². The number of anilines is 1. The van der Waals surface area contributed by atoms with E-state index in [9.17, 15) is 28.9 Å². The van der Waals surface area contributed by atoms with Gasteiger partial charge < -0.3 is 14.8 Å². The quantitative estimate of drug-likeness (QED) is 0.229. The van der Waals surface area contributed by atoms with E-state index >= 15 is 0 Å². The molecule has 0 bridgehead atoms. The van der Waals surface area contributed by atoms with E-state index in [1.165, 1.54) is 44.2 Å². The zero-order valence-corrected chi connectivity index (χ0v) is 19.5. The lowest BCUT2D eigenvalue weighted by Crippen LogP contribution is -2.25. The maximum atomic E-state index is 13.1. The van der Waals surface area contributed by atoms with Gasteiger partial charge in [0.25, 0.3) is 11.6 Å². The van der Waals surface area contributed by atoms with Crippen LogP contribution in [0.2, 0.25) is 0 Å². The van der Waals surface area contributed by atoms with Crippen LogP contribution >= 0.6 is 0 Å². The minimum Gasteiger partial charge on any atom is -0.446 e. The van der Waals surface area contributed by atoms with Crippen LogP contribution in [-0.2, 0) is 14.3 Å². The molecule has 4 rings (SSSR count). The Hall–Kier alpha value is -5.13. The van der Waals surface area contributed by atoms with Crippen molar-refractivity contribution in [2.45, 2.75) is 20.1 Å². The first-order valence-electron chi connectivity index (χ1n) is 10.8. The van der Waals surface area contributed by atoms with Crippen LogP contribution in [0, 0.1) is 15.9 Å². The minimum absolute atomic E-state index is 0.0151. The fourth-order valence-corrected chi connectivity index (χ4v) is 3.47. The molecule has 0 aliphatic carbocycles. The number of nitro benzene ring substituents is 1. The summed E-state index contributed by atoms with van der Waals surface area (Å²) in [5.41, 5.74) is 0.902. The van der Waals surface area contributed by atoms with Gasteiger partial charge in [0, 0.05) is 42.8 Å². The second kappa shape index (κ2) is 10.2. The summed E-state index contributed by atoms with van der Waals surface area (Å²) < 4.78 is 24.1. The predicted octanol–water partition coefficient (Wildman–Crippen LogP) is 4.15. The smallest absolute Gasteiger partial charge is 0.308 e. The molecule has 12 heteroatoms. The lowest BCUT2D eigenvalue weighted by atomic mass is 10.1. The third kappa shape index (κ3) is 5.59. The third-order valence-corrected chi connectivity index (χ3v) is 5.18. The lowest BCUT2D eigenvalue weighted by molar-refractivity contribution is -0.384. The molecule has 2 amide bonds. The van der Waals surface area contributed by atoms with E-state index in [0.29, 0.717) is 11.3 Å². The van der Waals surface area contributed by atoms with Gasteiger partial charge in [0.1, 0.15) is 11.6 Å². The molecule has 11 nitrogen and oxygen atoms in total. The van der Waals surface area contributed by atoms with Crippen LogP contribution < -0.4 is 10.1 Å². The fourth-order valence-electron chi connectivity index (χ4n) is 3.47. The number of amides is 2. The Morgan fingerprint density at radius 2 is 1.73 bits per heavy atom. The molecular weight excluding hydrogens is 487 g/mol. The number of rotatable bonds is 6. The van der Waals surface area contributed by atoms with Gasteiger partial charge in [0.2, 0.25) is 18.0 Å². The maximum Gasteiger partial charge on any atom is 0.308 e. The lowest BCUT2D eigenvalue weighted by Gasteiger charge is -2.19. The molecule has 0 fully saturated rings. The summed E-state index contributed by atoms with van der Waals surface area (Å²) in [6, 6.07) is 14.9. The second-order valence-electron chi connectivity index (χ2n) is 7.85. The predicted molar refractivity (Wildman–Crippen MR) is 128 cm³/mol. The molecular formula is C25H19FN4O7. The SMILES string of the molecule is CC(=O)Oc1ccc([N+](=O)[O-])cc1C1=NN(C(C)=O)C(c2ccc(NC(=O)c3ccc(F)cc3)cc2)O1. The van der Waals surface area contributed by atoms with Crippen molar-refractivity contribution in [1.82, 2.24) is 5.01 Å². The van der Waals surface area contributed by atoms with Gasteiger partial charge in [0.05, 0.1) is 10.5 Å². The summed E-state index contributed by atoms with van der Waals surface area (Å²) in [6.07, 6.45) is -1.03. The Labute approximate surface area is 209 Å². The van der Waals surface area contributed by atoms with Crippen LogP contribution in [0.4, 0.5) is 15.8 Å². The number of hydrazone groups is 1. The highest BCUT2D eigenvalue weighted by Crippen LogP contribution is 2.34. The maximum absolute atomic E-state index is 13.1. The van der Waals surface area contributed by atoms with Gasteiger partial charge in [-0.1, -0.05) is 12.1 Å². The number of hydrogen-bond donors (Lipinski definition) is 1. The molecule has 0 spiro atoms. The average Bonchev–Trinajstić information content (AvgIpc) is 3.30. The largest absolute Gasteiger partial charge is 0.446 e. The zero-order chi connectivity index (χ0) is 26.7. The molecule has 37 heavy (non-hydrogen) atoms. The zero-order valence-electron chi connectivity index (χ0n) is 19.5. The Morgan fingerprint density at radius 3 is 2.32 bits per heavy atom. The van der Waals surface area contributed by atoms with E-state index in [-0.39, 0.29) is 28.5 Å². The summed E-state index contributed by atoms with van der Waals surface area (Å²) in [5, 5.41) is 19.2. The first-order chi connectivity index (χ1) is 17.6. The summed E-state index contributed by atoms with van der Waals surface area (Å²) >= 11 is 0. The molecule has 1 heterocycles. The first-order valence-corrected chi connectivity index (χ1v) is 10.8. The Kier molecular flexibility index (Phi) is 6.91. The monoisotopic (exact) mass is 506 g/mol. The first kappa shape index (κ1) is 25.0. The van der Waals surface area contributed by atoms with E-state index < -0.39 is 34.8 Å². The van der Waals surface area contributed by atoms with E-state index in [0.717, 1.165) is 17.1 Å². The van der Waals surface area contributed by atoms with E-state index in [2.05, 4.69) is 10.4 Å². The molecule has 3 aromatic carbocycles. The highest BCUT2D eigenvalue weighted by Gasteiger charge is 2.35. The van der Waals surface area contributed by atoms with E-state index in [1.807, 2.05) is 0 Å². The number of hydrogen-bond acceptors (Lipinski definition) is 8. The van der Waals surface area contributed by atoms with Crippen molar-refractivity contribution in [1.29, 1.82) is 0 Å². The van der Waals surface area contributed by atoms with Crippen LogP contribution in [0.1, 0.15) is 41.6 Å². The Balaban J connectivity index is 1.58. The number of nitro groups is 1. The molecule has 1 N–H and O–H groups in total. The van der Waals surface area contributed by atoms with E-state index in [4.69, 9.17) is 9.47 Å². The van der Waals surface area contributed by atoms with Crippen molar-refractivity contribution >= 4 is 35.1 Å². The summed E-state index contributed by atoms with van der Waals surface area (Å²) in [5.74, 6) is -2.22. The topological polar surface area (TPSA) is 140 Å². The fraction of sp³-hybridized carbons (Fsp3) is 0.120. The van der Waals surface area contributed by atoms with Crippen molar-refractivity contribution in [2.75, 3.05) is 5.32 Å². The molecule has 1 atom stereocenters. The average molecular weight is 506 g/mol. The van der Waals surface area contributed by atoms with Crippen molar-refractivity contribution in [2.24, 2.45) is 5.10 Å². The third-order valence-electron chi connectivity index (χ3n) is 5.18. The van der Waals surface area contributed by atoms with Crippen LogP contribution in [0.3, 0.4) is 0 Å². The second-order valence-corrected chi connectivity index (χ2v) is 7.85. The van der Waals surface area contributed by atoms with Crippen molar-refractivity contribution in [3.8, 4) is 5.75 Å². The standard InChI is InChI=1S/C25H19FN4O7/c1-14(31)29-25(17-5-9-19(10-6-17)27-23(33)16-3-7-18(26)8-4-16)37-24(28-29)21-13-20(30(34)35)11-12-22(21)36-15(2)32/h3-13,25H,1-2H3,(H,27,33). The van der Waals surface area contributed by atoms with Gasteiger partial charge >= 0.3 is 5.97 Å². The molecule has 0 aromatic heterocycles. The minimum atomic E-state index is -1.03. The Bertz CT molecular complexity index is 1420. The molecule has 0 radical (unpaired) electrons. The van der Waals surface area contributed by atoms with Gasteiger partial charge in [-0.2, -0.15) is 5.01 Å². The number of carbonyl (C=O) groups excluding carboxylic acids is 3.